The van der Waals surface area contributed by atoms with Gasteiger partial charge >= 0.3 is 6.18 Å². The first-order valence-electron chi connectivity index (χ1n) is 12.1. The summed E-state index contributed by atoms with van der Waals surface area (Å²) in [5.41, 5.74) is -1.38. The number of benzene rings is 3. The van der Waals surface area contributed by atoms with Crippen LogP contribution in [0.15, 0.2) is 59.5 Å². The first-order valence-corrected chi connectivity index (χ1v) is 14.0. The van der Waals surface area contributed by atoms with Crippen molar-refractivity contribution in [1.82, 2.24) is 4.90 Å². The van der Waals surface area contributed by atoms with Crippen LogP contribution in [0, 0.1) is 17.5 Å². The molecule has 216 valence electrons. The highest BCUT2D eigenvalue weighted by atomic mass is 32.2. The molecule has 0 bridgehead atoms. The van der Waals surface area contributed by atoms with E-state index in [4.69, 9.17) is 4.74 Å². The topological polar surface area (TPSA) is 63.7 Å². The third-order valence-corrected chi connectivity index (χ3v) is 7.36. The summed E-state index contributed by atoms with van der Waals surface area (Å²) >= 11 is 0. The minimum atomic E-state index is -4.86. The van der Waals surface area contributed by atoms with E-state index in [1.165, 1.54) is 18.2 Å². The van der Waals surface area contributed by atoms with Crippen LogP contribution < -0.4 is 4.74 Å². The van der Waals surface area contributed by atoms with Crippen LogP contribution in [0.3, 0.4) is 0 Å². The third kappa shape index (κ3) is 8.07. The van der Waals surface area contributed by atoms with E-state index in [0.717, 1.165) is 30.0 Å². The molecule has 3 aromatic carbocycles. The lowest BCUT2D eigenvalue weighted by Gasteiger charge is -2.27. The molecule has 0 aliphatic carbocycles. The number of carbonyl (C=O) groups excluding carboxylic acids is 1. The van der Waals surface area contributed by atoms with Gasteiger partial charge in [0, 0.05) is 37.5 Å². The van der Waals surface area contributed by atoms with E-state index in [-0.39, 0.29) is 56.2 Å². The van der Waals surface area contributed by atoms with Crippen molar-refractivity contribution in [2.45, 2.75) is 36.9 Å². The van der Waals surface area contributed by atoms with Crippen molar-refractivity contribution in [3.05, 3.63) is 94.3 Å². The van der Waals surface area contributed by atoms with Crippen molar-refractivity contribution in [2.24, 2.45) is 0 Å². The summed E-state index contributed by atoms with van der Waals surface area (Å²) in [5, 5.41) is 0. The second-order valence-corrected chi connectivity index (χ2v) is 11.4. The Kier molecular flexibility index (Phi) is 10.0. The first-order chi connectivity index (χ1) is 18.7. The van der Waals surface area contributed by atoms with E-state index in [1.54, 1.807) is 17.0 Å². The standard InChI is InChI=1S/C28H27F6NO4S/c1-18(19-7-9-21(29)10-8-19)15-35(16-20-5-3-6-24(27(20)31)28(32,33)34)11-4-12-39-22-13-25(30)23(17-36)26(14-22)40(2,37)38/h3,5-10,13-14,17-18H,4,11-12,15-16H2,1-2H3. The van der Waals surface area contributed by atoms with E-state index < -0.39 is 49.5 Å². The smallest absolute Gasteiger partial charge is 0.419 e. The molecule has 0 amide bonds. The molecule has 0 aliphatic heterocycles. The van der Waals surface area contributed by atoms with Crippen molar-refractivity contribution in [1.29, 1.82) is 0 Å². The Hall–Kier alpha value is -3.38. The second kappa shape index (κ2) is 12.9. The van der Waals surface area contributed by atoms with Crippen molar-refractivity contribution >= 4 is 16.1 Å². The number of hydrogen-bond acceptors (Lipinski definition) is 5. The molecule has 3 rings (SSSR count). The van der Waals surface area contributed by atoms with Crippen LogP contribution in [-0.2, 0) is 22.6 Å². The number of rotatable bonds is 12. The Labute approximate surface area is 228 Å². The van der Waals surface area contributed by atoms with Crippen LogP contribution in [0.5, 0.6) is 5.75 Å². The number of alkyl halides is 3. The highest BCUT2D eigenvalue weighted by Gasteiger charge is 2.35. The summed E-state index contributed by atoms with van der Waals surface area (Å²) in [5.74, 6) is -3.18. The average Bonchev–Trinajstić information content (AvgIpc) is 2.86. The molecular weight excluding hydrogens is 560 g/mol. The first kappa shape index (κ1) is 31.2. The zero-order valence-corrected chi connectivity index (χ0v) is 22.5. The molecule has 3 aromatic rings. The summed E-state index contributed by atoms with van der Waals surface area (Å²) in [6, 6.07) is 10.7. The highest BCUT2D eigenvalue weighted by molar-refractivity contribution is 7.90. The number of sulfone groups is 1. The van der Waals surface area contributed by atoms with Crippen LogP contribution in [0.4, 0.5) is 26.3 Å². The maximum atomic E-state index is 14.8. The normalized spacial score (nSPS) is 12.9. The number of halogens is 6. The maximum absolute atomic E-state index is 14.8. The van der Waals surface area contributed by atoms with Gasteiger partial charge in [-0.15, -0.1) is 0 Å². The Morgan fingerprint density at radius 3 is 2.30 bits per heavy atom. The molecule has 0 saturated carbocycles. The van der Waals surface area contributed by atoms with E-state index in [0.29, 0.717) is 6.07 Å². The number of ether oxygens (including phenoxy) is 1. The molecular formula is C28H27F6NO4S. The largest absolute Gasteiger partial charge is 0.493 e. The summed E-state index contributed by atoms with van der Waals surface area (Å²) in [4.78, 5) is 12.3. The fraction of sp³-hybridized carbons (Fsp3) is 0.321. The minimum Gasteiger partial charge on any atom is -0.493 e. The van der Waals surface area contributed by atoms with Crippen LogP contribution in [0.2, 0.25) is 0 Å². The van der Waals surface area contributed by atoms with Crippen molar-refractivity contribution in [3.63, 3.8) is 0 Å². The van der Waals surface area contributed by atoms with Crippen molar-refractivity contribution in [2.75, 3.05) is 26.0 Å². The maximum Gasteiger partial charge on any atom is 0.419 e. The fourth-order valence-corrected chi connectivity index (χ4v) is 5.11. The SMILES string of the molecule is CC(CN(CCCOc1cc(F)c(C=O)c(S(C)(=O)=O)c1)Cc1cccc(C(F)(F)F)c1F)c1ccc(F)cc1. The molecule has 1 atom stereocenters. The van der Waals surface area contributed by atoms with E-state index in [9.17, 15) is 39.6 Å². The summed E-state index contributed by atoms with van der Waals surface area (Å²) < 4.78 is 111. The Morgan fingerprint density at radius 2 is 1.70 bits per heavy atom. The van der Waals surface area contributed by atoms with Crippen molar-refractivity contribution < 1.29 is 44.3 Å². The fourth-order valence-electron chi connectivity index (χ4n) is 4.23. The molecule has 0 spiro atoms. The molecule has 0 aliphatic rings. The lowest BCUT2D eigenvalue weighted by atomic mass is 10.00. The van der Waals surface area contributed by atoms with Crippen molar-refractivity contribution in [3.8, 4) is 5.75 Å². The molecule has 0 fully saturated rings. The van der Waals surface area contributed by atoms with Gasteiger partial charge in [0.15, 0.2) is 16.1 Å². The Bertz CT molecular complexity index is 1440. The van der Waals surface area contributed by atoms with Gasteiger partial charge in [0.2, 0.25) is 0 Å². The molecule has 0 radical (unpaired) electrons. The van der Waals surface area contributed by atoms with Crippen LogP contribution in [0.25, 0.3) is 0 Å². The van der Waals surface area contributed by atoms with Gasteiger partial charge in [0.25, 0.3) is 0 Å². The third-order valence-electron chi connectivity index (χ3n) is 6.22. The highest BCUT2D eigenvalue weighted by Crippen LogP contribution is 2.33. The number of aldehydes is 1. The van der Waals surface area contributed by atoms with Gasteiger partial charge < -0.3 is 4.74 Å². The molecule has 1 unspecified atom stereocenters. The number of carbonyl (C=O) groups is 1. The van der Waals surface area contributed by atoms with Crippen LogP contribution in [-0.4, -0.2) is 45.6 Å². The monoisotopic (exact) mass is 587 g/mol. The lowest BCUT2D eigenvalue weighted by Crippen LogP contribution is -2.30. The number of nitrogens with zero attached hydrogens (tertiary/aromatic N) is 1. The second-order valence-electron chi connectivity index (χ2n) is 9.37. The van der Waals surface area contributed by atoms with Gasteiger partial charge in [0.05, 0.1) is 22.6 Å². The Morgan fingerprint density at radius 1 is 1.02 bits per heavy atom. The molecule has 5 nitrogen and oxygen atoms in total. The lowest BCUT2D eigenvalue weighted by molar-refractivity contribution is -0.140. The van der Waals surface area contributed by atoms with Crippen LogP contribution in [0.1, 0.15) is 46.3 Å². The van der Waals surface area contributed by atoms with Gasteiger partial charge in [-0.25, -0.2) is 21.6 Å². The zero-order valence-electron chi connectivity index (χ0n) is 21.6. The van der Waals surface area contributed by atoms with Crippen LogP contribution >= 0.6 is 0 Å². The van der Waals surface area contributed by atoms with Gasteiger partial charge in [-0.1, -0.05) is 31.2 Å². The van der Waals surface area contributed by atoms with Gasteiger partial charge in [0.1, 0.15) is 23.2 Å². The van der Waals surface area contributed by atoms with E-state index >= 15 is 0 Å². The predicted octanol–water partition coefficient (Wildman–Crippen LogP) is 6.41. The minimum absolute atomic E-state index is 0.0461. The Balaban J connectivity index is 1.77. The van der Waals surface area contributed by atoms with Gasteiger partial charge in [-0.2, -0.15) is 13.2 Å². The van der Waals surface area contributed by atoms with E-state index in [1.807, 2.05) is 6.92 Å². The molecule has 12 heteroatoms. The average molecular weight is 588 g/mol. The van der Waals surface area contributed by atoms with Gasteiger partial charge in [-0.05, 0) is 42.2 Å². The summed E-state index contributed by atoms with van der Waals surface area (Å²) in [6.45, 7) is 2.12. The summed E-state index contributed by atoms with van der Waals surface area (Å²) in [6.07, 6.45) is -3.68. The zero-order chi connectivity index (χ0) is 29.7. The summed E-state index contributed by atoms with van der Waals surface area (Å²) in [7, 11) is -3.93. The van der Waals surface area contributed by atoms with E-state index in [2.05, 4.69) is 0 Å². The number of hydrogen-bond donors (Lipinski definition) is 0. The van der Waals surface area contributed by atoms with Gasteiger partial charge in [-0.3, -0.25) is 9.69 Å². The predicted molar refractivity (Wildman–Crippen MR) is 137 cm³/mol. The molecule has 0 N–H and O–H groups in total. The quantitative estimate of drug-likeness (QED) is 0.139. The molecule has 0 saturated heterocycles. The molecule has 0 heterocycles. The molecule has 0 aromatic heterocycles. The molecule has 40 heavy (non-hydrogen) atoms.